The minimum atomic E-state index is -0.441. The molecule has 0 bridgehead atoms. The minimum absolute atomic E-state index is 0.00534. The number of benzene rings is 2. The van der Waals surface area contributed by atoms with Gasteiger partial charge in [-0.1, -0.05) is 28.1 Å². The Morgan fingerprint density at radius 3 is 2.56 bits per heavy atom. The third kappa shape index (κ3) is 5.98. The highest BCUT2D eigenvalue weighted by molar-refractivity contribution is 9.10. The van der Waals surface area contributed by atoms with Gasteiger partial charge in [-0.3, -0.25) is 24.8 Å². The number of non-ortho nitro benzene ring substituents is 1. The van der Waals surface area contributed by atoms with E-state index >= 15 is 0 Å². The van der Waals surface area contributed by atoms with Gasteiger partial charge in [-0.2, -0.15) is 0 Å². The van der Waals surface area contributed by atoms with Crippen molar-refractivity contribution in [1.29, 1.82) is 0 Å². The van der Waals surface area contributed by atoms with Gasteiger partial charge in [0.05, 0.1) is 16.9 Å². The first kappa shape index (κ1) is 25.8. The molecule has 2 aromatic rings. The molecule has 1 aliphatic rings. The SMILES string of the molecule is COc1cc(/C=C2/SC(=NC(C)C)N(C(C)C)C2=O)c(Br)cc1OCc1cccc([N+](=O)[O-])c1. The lowest BCUT2D eigenvalue weighted by molar-refractivity contribution is -0.384. The summed E-state index contributed by atoms with van der Waals surface area (Å²) in [4.78, 5) is 30.5. The molecule has 1 saturated heterocycles. The number of halogens is 1. The molecule has 0 unspecified atom stereocenters. The second-order valence-electron chi connectivity index (χ2n) is 8.13. The molecule has 0 atom stereocenters. The molecule has 0 aliphatic carbocycles. The number of methoxy groups -OCH3 is 1. The Kier molecular flexibility index (Phi) is 8.37. The van der Waals surface area contributed by atoms with Crippen molar-refractivity contribution >= 4 is 50.5 Å². The number of amides is 1. The predicted molar refractivity (Wildman–Crippen MR) is 138 cm³/mol. The summed E-state index contributed by atoms with van der Waals surface area (Å²) in [6, 6.07) is 9.89. The lowest BCUT2D eigenvalue weighted by Crippen LogP contribution is -2.35. The van der Waals surface area contributed by atoms with Gasteiger partial charge in [0.15, 0.2) is 16.7 Å². The van der Waals surface area contributed by atoms with Crippen LogP contribution in [0.1, 0.15) is 38.8 Å². The quantitative estimate of drug-likeness (QED) is 0.227. The summed E-state index contributed by atoms with van der Waals surface area (Å²) in [6.07, 6.45) is 1.81. The summed E-state index contributed by atoms with van der Waals surface area (Å²) >= 11 is 4.92. The number of hydrogen-bond acceptors (Lipinski definition) is 7. The number of amidine groups is 1. The van der Waals surface area contributed by atoms with Crippen LogP contribution in [0.3, 0.4) is 0 Å². The van der Waals surface area contributed by atoms with Gasteiger partial charge >= 0.3 is 0 Å². The molecule has 0 N–H and O–H groups in total. The first-order chi connectivity index (χ1) is 16.1. The van der Waals surface area contributed by atoms with Crippen LogP contribution in [0.5, 0.6) is 11.5 Å². The van der Waals surface area contributed by atoms with Crippen molar-refractivity contribution in [2.24, 2.45) is 4.99 Å². The lowest BCUT2D eigenvalue weighted by atomic mass is 10.1. The summed E-state index contributed by atoms with van der Waals surface area (Å²) in [5.41, 5.74) is 1.42. The summed E-state index contributed by atoms with van der Waals surface area (Å²) in [5, 5.41) is 11.7. The van der Waals surface area contributed by atoms with Crippen LogP contribution in [0.25, 0.3) is 6.08 Å². The van der Waals surface area contributed by atoms with Gasteiger partial charge < -0.3 is 9.47 Å². The average Bonchev–Trinajstić information content (AvgIpc) is 3.07. The molecule has 34 heavy (non-hydrogen) atoms. The maximum absolute atomic E-state index is 13.0. The maximum atomic E-state index is 13.0. The summed E-state index contributed by atoms with van der Waals surface area (Å²) in [5.74, 6) is 0.864. The van der Waals surface area contributed by atoms with Crippen molar-refractivity contribution in [2.75, 3.05) is 7.11 Å². The zero-order valence-corrected chi connectivity index (χ0v) is 22.0. The largest absolute Gasteiger partial charge is 0.493 e. The van der Waals surface area contributed by atoms with Gasteiger partial charge in [0.2, 0.25) is 0 Å². The highest BCUT2D eigenvalue weighted by Crippen LogP contribution is 2.39. The van der Waals surface area contributed by atoms with Crippen LogP contribution in [0.4, 0.5) is 5.69 Å². The number of carbonyl (C=O) groups is 1. The Bertz CT molecular complexity index is 1160. The molecule has 0 spiro atoms. The van der Waals surface area contributed by atoms with Crippen LogP contribution >= 0.6 is 27.7 Å². The summed E-state index contributed by atoms with van der Waals surface area (Å²) in [6.45, 7) is 8.02. The summed E-state index contributed by atoms with van der Waals surface area (Å²) < 4.78 is 12.1. The fourth-order valence-electron chi connectivity index (χ4n) is 3.25. The number of nitrogens with zero attached hydrogens (tertiary/aromatic N) is 3. The molecule has 2 aromatic carbocycles. The van der Waals surface area contributed by atoms with Gasteiger partial charge in [0.25, 0.3) is 11.6 Å². The molecule has 1 heterocycles. The lowest BCUT2D eigenvalue weighted by Gasteiger charge is -2.20. The van der Waals surface area contributed by atoms with Crippen molar-refractivity contribution < 1.29 is 19.2 Å². The monoisotopic (exact) mass is 547 g/mol. The number of nitro benzene ring substituents is 1. The molecule has 0 aromatic heterocycles. The molecule has 8 nitrogen and oxygen atoms in total. The van der Waals surface area contributed by atoms with E-state index in [1.165, 1.54) is 31.0 Å². The van der Waals surface area contributed by atoms with Crippen LogP contribution in [0, 0.1) is 10.1 Å². The standard InChI is InChI=1S/C24H26BrN3O5S/c1-14(2)26-24-27(15(3)4)23(29)22(34-24)11-17-10-20(32-5)21(12-19(17)25)33-13-16-7-6-8-18(9-16)28(30)31/h6-12,14-15H,13H2,1-5H3/b22-11+,26-24?. The molecule has 1 fully saturated rings. The second-order valence-corrected chi connectivity index (χ2v) is 9.99. The minimum Gasteiger partial charge on any atom is -0.493 e. The van der Waals surface area contributed by atoms with E-state index in [4.69, 9.17) is 9.47 Å². The Labute approximate surface area is 211 Å². The topological polar surface area (TPSA) is 94.3 Å². The van der Waals surface area contributed by atoms with Crippen LogP contribution in [0.15, 0.2) is 50.8 Å². The van der Waals surface area contributed by atoms with E-state index in [0.29, 0.717) is 31.6 Å². The van der Waals surface area contributed by atoms with Gasteiger partial charge in [-0.25, -0.2) is 0 Å². The van der Waals surface area contributed by atoms with E-state index in [9.17, 15) is 14.9 Å². The van der Waals surface area contributed by atoms with Crippen molar-refractivity contribution in [3.63, 3.8) is 0 Å². The third-order valence-corrected chi connectivity index (χ3v) is 6.49. The number of rotatable bonds is 8. The van der Waals surface area contributed by atoms with E-state index in [1.807, 2.05) is 33.8 Å². The van der Waals surface area contributed by atoms with Crippen molar-refractivity contribution in [3.8, 4) is 11.5 Å². The molecular weight excluding hydrogens is 522 g/mol. The molecular formula is C24H26BrN3O5S. The van der Waals surface area contributed by atoms with Gasteiger partial charge in [0.1, 0.15) is 6.61 Å². The van der Waals surface area contributed by atoms with E-state index in [2.05, 4.69) is 20.9 Å². The summed E-state index contributed by atoms with van der Waals surface area (Å²) in [7, 11) is 1.53. The first-order valence-electron chi connectivity index (χ1n) is 10.6. The third-order valence-electron chi connectivity index (χ3n) is 4.81. The van der Waals surface area contributed by atoms with Gasteiger partial charge in [-0.05, 0) is 68.8 Å². The number of thioether (sulfide) groups is 1. The predicted octanol–water partition coefficient (Wildman–Crippen LogP) is 6.03. The van der Waals surface area contributed by atoms with E-state index in [1.54, 1.807) is 29.2 Å². The van der Waals surface area contributed by atoms with Crippen LogP contribution in [0.2, 0.25) is 0 Å². The first-order valence-corrected chi connectivity index (χ1v) is 12.3. The zero-order chi connectivity index (χ0) is 25.0. The number of hydrogen-bond donors (Lipinski definition) is 0. The molecule has 1 amide bonds. The normalized spacial score (nSPS) is 16.2. The highest BCUT2D eigenvalue weighted by Gasteiger charge is 2.35. The fraction of sp³-hybridized carbons (Fsp3) is 0.333. The number of ether oxygens (including phenoxy) is 2. The van der Waals surface area contributed by atoms with E-state index in [-0.39, 0.29) is 30.3 Å². The van der Waals surface area contributed by atoms with Crippen molar-refractivity contribution in [2.45, 2.75) is 46.4 Å². The Morgan fingerprint density at radius 1 is 1.21 bits per heavy atom. The van der Waals surface area contributed by atoms with Crippen LogP contribution in [-0.4, -0.2) is 40.1 Å². The molecule has 10 heteroatoms. The van der Waals surface area contributed by atoms with Crippen molar-refractivity contribution in [1.82, 2.24) is 4.90 Å². The smallest absolute Gasteiger partial charge is 0.269 e. The molecule has 180 valence electrons. The van der Waals surface area contributed by atoms with E-state index in [0.717, 1.165) is 5.56 Å². The number of carbonyl (C=O) groups excluding carboxylic acids is 1. The van der Waals surface area contributed by atoms with Crippen molar-refractivity contribution in [3.05, 3.63) is 67.0 Å². The molecule has 0 radical (unpaired) electrons. The van der Waals surface area contributed by atoms with Gasteiger partial charge in [0, 0.05) is 28.7 Å². The van der Waals surface area contributed by atoms with Gasteiger partial charge in [-0.15, -0.1) is 0 Å². The molecule has 0 saturated carbocycles. The Hall–Kier alpha value is -2.85. The van der Waals surface area contributed by atoms with E-state index < -0.39 is 4.92 Å². The van der Waals surface area contributed by atoms with Crippen LogP contribution < -0.4 is 9.47 Å². The maximum Gasteiger partial charge on any atom is 0.269 e. The number of aliphatic imine (C=N–C) groups is 1. The molecule has 1 aliphatic heterocycles. The Morgan fingerprint density at radius 2 is 1.94 bits per heavy atom. The number of nitro groups is 1. The second kappa shape index (κ2) is 11.1. The molecule has 3 rings (SSSR count). The average molecular weight is 548 g/mol. The Balaban J connectivity index is 1.87. The highest BCUT2D eigenvalue weighted by atomic mass is 79.9. The zero-order valence-electron chi connectivity index (χ0n) is 19.6. The van der Waals surface area contributed by atoms with Crippen LogP contribution in [-0.2, 0) is 11.4 Å². The fourth-order valence-corrected chi connectivity index (χ4v) is 4.91.